The Bertz CT molecular complexity index is 1100. The third-order valence-corrected chi connectivity index (χ3v) is 7.43. The van der Waals surface area contributed by atoms with E-state index in [1.54, 1.807) is 25.1 Å². The number of anilines is 1. The Hall–Kier alpha value is -2.95. The first-order chi connectivity index (χ1) is 15.3. The molecule has 10 heteroatoms. The molecule has 0 aliphatic heterocycles. The average molecular weight is 459 g/mol. The van der Waals surface area contributed by atoms with E-state index in [9.17, 15) is 34.8 Å². The van der Waals surface area contributed by atoms with Gasteiger partial charge in [-0.1, -0.05) is 0 Å². The normalized spacial score (nSPS) is 33.5. The minimum atomic E-state index is -2.64. The van der Waals surface area contributed by atoms with Gasteiger partial charge in [0.15, 0.2) is 11.4 Å². The molecule has 2 fully saturated rings. The molecule has 0 saturated heterocycles. The summed E-state index contributed by atoms with van der Waals surface area (Å²) in [5, 5.41) is 44.0. The number of hydrogen-bond acceptors (Lipinski definition) is 9. The molecule has 3 aliphatic carbocycles. The topological polar surface area (TPSA) is 165 Å². The Morgan fingerprint density at radius 1 is 1.15 bits per heavy atom. The third-order valence-electron chi connectivity index (χ3n) is 7.43. The molecule has 10 nitrogen and oxygen atoms in total. The largest absolute Gasteiger partial charge is 0.507 e. The Labute approximate surface area is 190 Å². The molecule has 6 N–H and O–H groups in total. The summed E-state index contributed by atoms with van der Waals surface area (Å²) < 4.78 is 0. The fraction of sp³-hybridized carbons (Fsp3) is 0.522. The molecule has 1 aromatic carbocycles. The van der Waals surface area contributed by atoms with Gasteiger partial charge in [-0.05, 0) is 50.6 Å². The minimum absolute atomic E-state index is 0.0850. The summed E-state index contributed by atoms with van der Waals surface area (Å²) in [4.78, 5) is 42.3. The standard InChI is InChI=1S/C23H29N3O7/c1-25(2)12-5-6-13(27)15-10(12)7-9-8-11-17(26(3)4)19(29)16(22(24)32)21(31)23(11,33)20(30)14(9)18(15)28/h5-6,9,11,16-17,19,27-29,33H,7-8H2,1-4H3,(H2,24,32). The number of aromatic hydroxyl groups is 1. The number of aliphatic hydroxyl groups is 3. The number of primary amides is 1. The van der Waals surface area contributed by atoms with Crippen LogP contribution >= 0.6 is 0 Å². The van der Waals surface area contributed by atoms with Gasteiger partial charge >= 0.3 is 0 Å². The molecule has 0 heterocycles. The second-order valence-corrected chi connectivity index (χ2v) is 9.64. The van der Waals surface area contributed by atoms with Crippen molar-refractivity contribution in [3.05, 3.63) is 28.8 Å². The fourth-order valence-electron chi connectivity index (χ4n) is 6.01. The molecular weight excluding hydrogens is 430 g/mol. The lowest BCUT2D eigenvalue weighted by atomic mass is 9.54. The first-order valence-corrected chi connectivity index (χ1v) is 10.7. The summed E-state index contributed by atoms with van der Waals surface area (Å²) >= 11 is 0. The quantitative estimate of drug-likeness (QED) is 0.364. The van der Waals surface area contributed by atoms with Gasteiger partial charge in [0.1, 0.15) is 17.4 Å². The van der Waals surface area contributed by atoms with E-state index in [4.69, 9.17) is 5.73 Å². The highest BCUT2D eigenvalue weighted by molar-refractivity contribution is 6.25. The summed E-state index contributed by atoms with van der Waals surface area (Å²) in [5.74, 6) is -7.40. The molecule has 0 spiro atoms. The Morgan fingerprint density at radius 3 is 2.33 bits per heavy atom. The van der Waals surface area contributed by atoms with Gasteiger partial charge in [0.05, 0.1) is 11.7 Å². The lowest BCUT2D eigenvalue weighted by Crippen LogP contribution is -2.73. The van der Waals surface area contributed by atoms with Crippen LogP contribution in [0.5, 0.6) is 5.75 Å². The Kier molecular flexibility index (Phi) is 5.31. The number of ketones is 2. The van der Waals surface area contributed by atoms with Crippen molar-refractivity contribution in [2.75, 3.05) is 33.1 Å². The smallest absolute Gasteiger partial charge is 0.230 e. The number of hydrogen-bond donors (Lipinski definition) is 5. The molecule has 0 aromatic heterocycles. The number of carbonyl (C=O) groups is 3. The van der Waals surface area contributed by atoms with Crippen LogP contribution in [0.3, 0.4) is 0 Å². The van der Waals surface area contributed by atoms with Gasteiger partial charge in [-0.2, -0.15) is 0 Å². The molecule has 1 amide bonds. The van der Waals surface area contributed by atoms with E-state index in [-0.39, 0.29) is 29.7 Å². The van der Waals surface area contributed by atoms with Crippen molar-refractivity contribution in [2.45, 2.75) is 30.6 Å². The van der Waals surface area contributed by atoms with Crippen molar-refractivity contribution in [1.29, 1.82) is 0 Å². The molecule has 178 valence electrons. The molecule has 2 saturated carbocycles. The van der Waals surface area contributed by atoms with Crippen molar-refractivity contribution < 1.29 is 34.8 Å². The molecule has 1 aromatic rings. The van der Waals surface area contributed by atoms with Gasteiger partial charge in [-0.15, -0.1) is 0 Å². The minimum Gasteiger partial charge on any atom is -0.507 e. The second-order valence-electron chi connectivity index (χ2n) is 9.64. The first kappa shape index (κ1) is 23.2. The van der Waals surface area contributed by atoms with Gasteiger partial charge in [0, 0.05) is 37.3 Å². The van der Waals surface area contributed by atoms with E-state index < -0.39 is 58.7 Å². The highest BCUT2D eigenvalue weighted by Crippen LogP contribution is 2.53. The van der Waals surface area contributed by atoms with Gasteiger partial charge in [-0.3, -0.25) is 14.4 Å². The van der Waals surface area contributed by atoms with Crippen LogP contribution in [0.2, 0.25) is 0 Å². The molecular formula is C23H29N3O7. The summed E-state index contributed by atoms with van der Waals surface area (Å²) in [7, 11) is 6.87. The summed E-state index contributed by atoms with van der Waals surface area (Å²) in [5.41, 5.74) is 4.05. The van der Waals surface area contributed by atoms with Crippen LogP contribution in [-0.4, -0.2) is 88.7 Å². The molecule has 0 bridgehead atoms. The second kappa shape index (κ2) is 7.54. The molecule has 6 atom stereocenters. The van der Waals surface area contributed by atoms with Crippen LogP contribution in [-0.2, 0) is 20.8 Å². The van der Waals surface area contributed by atoms with Crippen LogP contribution in [0.1, 0.15) is 17.5 Å². The first-order valence-electron chi connectivity index (χ1n) is 10.7. The highest BCUT2D eigenvalue weighted by Gasteiger charge is 2.67. The van der Waals surface area contributed by atoms with E-state index in [0.29, 0.717) is 5.56 Å². The number of nitrogens with zero attached hydrogens (tertiary/aromatic N) is 2. The fourth-order valence-corrected chi connectivity index (χ4v) is 6.01. The number of rotatable bonds is 3. The SMILES string of the molecule is CN(C)c1ccc(O)c2c1CC1CC3C(N(C)C)C(O)C(C(N)=O)C(=O)C3(O)C(=O)C1=C2O. The van der Waals surface area contributed by atoms with Crippen LogP contribution in [0.25, 0.3) is 5.76 Å². The van der Waals surface area contributed by atoms with E-state index >= 15 is 0 Å². The lowest BCUT2D eigenvalue weighted by molar-refractivity contribution is -0.184. The van der Waals surface area contributed by atoms with Crippen molar-refractivity contribution in [3.63, 3.8) is 0 Å². The maximum Gasteiger partial charge on any atom is 0.230 e. The Morgan fingerprint density at radius 2 is 1.79 bits per heavy atom. The van der Waals surface area contributed by atoms with Gasteiger partial charge in [0.2, 0.25) is 11.7 Å². The number of phenols is 1. The molecule has 6 unspecified atom stereocenters. The number of carbonyl (C=O) groups excluding carboxylic acids is 3. The van der Waals surface area contributed by atoms with Crippen molar-refractivity contribution in [3.8, 4) is 5.75 Å². The van der Waals surface area contributed by atoms with Crippen LogP contribution < -0.4 is 10.6 Å². The van der Waals surface area contributed by atoms with E-state index in [1.807, 2.05) is 19.0 Å². The van der Waals surface area contributed by atoms with Gasteiger partial charge < -0.3 is 36.0 Å². The van der Waals surface area contributed by atoms with Crippen molar-refractivity contribution in [1.82, 2.24) is 4.90 Å². The zero-order valence-corrected chi connectivity index (χ0v) is 18.9. The summed E-state index contributed by atoms with van der Waals surface area (Å²) in [6.07, 6.45) is -1.13. The molecule has 0 radical (unpaired) electrons. The number of fused-ring (bicyclic) bond motifs is 3. The maximum atomic E-state index is 13.7. The van der Waals surface area contributed by atoms with Crippen LogP contribution in [0, 0.1) is 17.8 Å². The molecule has 4 rings (SSSR count). The predicted molar refractivity (Wildman–Crippen MR) is 118 cm³/mol. The van der Waals surface area contributed by atoms with Crippen LogP contribution in [0.4, 0.5) is 5.69 Å². The number of Topliss-reactive ketones (excluding diaryl/α,β-unsaturated/α-hetero) is 2. The Balaban J connectivity index is 1.94. The van der Waals surface area contributed by atoms with Crippen LogP contribution in [0.15, 0.2) is 17.7 Å². The van der Waals surface area contributed by atoms with E-state index in [2.05, 4.69) is 0 Å². The van der Waals surface area contributed by atoms with Crippen molar-refractivity contribution in [2.24, 2.45) is 23.5 Å². The predicted octanol–water partition coefficient (Wildman–Crippen LogP) is -0.805. The highest BCUT2D eigenvalue weighted by atomic mass is 16.3. The molecule has 3 aliphatic rings. The zero-order chi connectivity index (χ0) is 24.6. The van der Waals surface area contributed by atoms with E-state index in [1.165, 1.54) is 6.07 Å². The average Bonchev–Trinajstić information content (AvgIpc) is 2.70. The third kappa shape index (κ3) is 3.01. The lowest BCUT2D eigenvalue weighted by Gasteiger charge is -2.53. The number of phenolic OH excluding ortho intramolecular Hbond substituents is 1. The number of amides is 1. The zero-order valence-electron chi connectivity index (χ0n) is 18.9. The summed E-state index contributed by atoms with van der Waals surface area (Å²) in [6, 6.07) is 2.21. The number of aliphatic hydroxyl groups excluding tert-OH is 2. The summed E-state index contributed by atoms with van der Waals surface area (Å²) in [6.45, 7) is 0. The van der Waals surface area contributed by atoms with Crippen molar-refractivity contribution >= 4 is 28.9 Å². The molecule has 33 heavy (non-hydrogen) atoms. The number of nitrogens with two attached hydrogens (primary N) is 1. The number of benzene rings is 1. The monoisotopic (exact) mass is 459 g/mol. The van der Waals surface area contributed by atoms with Gasteiger partial charge in [0.25, 0.3) is 0 Å². The maximum absolute atomic E-state index is 13.7. The number of likely N-dealkylation sites (N-methyl/N-ethyl adjacent to an activating group) is 1. The van der Waals surface area contributed by atoms with Gasteiger partial charge in [-0.25, -0.2) is 0 Å². The van der Waals surface area contributed by atoms with E-state index in [0.717, 1.165) is 5.69 Å².